The molecular formula is C20H20N2O2. The first-order valence-electron chi connectivity index (χ1n) is 8.56. The highest BCUT2D eigenvalue weighted by Crippen LogP contribution is 2.28. The van der Waals surface area contributed by atoms with Gasteiger partial charge in [-0.1, -0.05) is 37.5 Å². The van der Waals surface area contributed by atoms with Gasteiger partial charge in [0, 0.05) is 23.2 Å². The summed E-state index contributed by atoms with van der Waals surface area (Å²) in [4.78, 5) is 16.9. The van der Waals surface area contributed by atoms with E-state index in [1.807, 2.05) is 48.5 Å². The van der Waals surface area contributed by atoms with Gasteiger partial charge in [0.1, 0.15) is 5.52 Å². The maximum Gasteiger partial charge on any atom is 0.227 e. The van der Waals surface area contributed by atoms with Crippen LogP contribution in [0.25, 0.3) is 22.6 Å². The maximum absolute atomic E-state index is 12.4. The number of oxazole rings is 1. The summed E-state index contributed by atoms with van der Waals surface area (Å²) in [5, 5.41) is 3.03. The third-order valence-corrected chi connectivity index (χ3v) is 4.65. The Bertz CT molecular complexity index is 848. The number of hydrogen-bond donors (Lipinski definition) is 1. The van der Waals surface area contributed by atoms with Crippen molar-refractivity contribution < 1.29 is 9.21 Å². The highest BCUT2D eigenvalue weighted by Gasteiger charge is 2.21. The summed E-state index contributed by atoms with van der Waals surface area (Å²) in [6, 6.07) is 15.5. The lowest BCUT2D eigenvalue weighted by atomic mass is 9.88. The van der Waals surface area contributed by atoms with Gasteiger partial charge in [-0.05, 0) is 37.1 Å². The summed E-state index contributed by atoms with van der Waals surface area (Å²) in [7, 11) is 0. The third-order valence-electron chi connectivity index (χ3n) is 4.65. The number of nitrogens with zero attached hydrogens (tertiary/aromatic N) is 1. The van der Waals surface area contributed by atoms with Crippen LogP contribution in [0.4, 0.5) is 5.69 Å². The number of amides is 1. The molecule has 0 saturated heterocycles. The second kappa shape index (κ2) is 6.48. The summed E-state index contributed by atoms with van der Waals surface area (Å²) in [6.45, 7) is 0. The van der Waals surface area contributed by atoms with Gasteiger partial charge in [-0.2, -0.15) is 0 Å². The van der Waals surface area contributed by atoms with E-state index in [0.717, 1.165) is 42.5 Å². The molecule has 1 heterocycles. The van der Waals surface area contributed by atoms with E-state index in [-0.39, 0.29) is 11.8 Å². The molecule has 0 unspecified atom stereocenters. The van der Waals surface area contributed by atoms with Crippen LogP contribution in [0.3, 0.4) is 0 Å². The molecular weight excluding hydrogens is 300 g/mol. The number of carbonyl (C=O) groups is 1. The Hall–Kier alpha value is -2.62. The Morgan fingerprint density at radius 2 is 1.83 bits per heavy atom. The van der Waals surface area contributed by atoms with Crippen molar-refractivity contribution in [2.45, 2.75) is 32.1 Å². The molecule has 122 valence electrons. The van der Waals surface area contributed by atoms with E-state index in [4.69, 9.17) is 4.42 Å². The number of benzene rings is 2. The quantitative estimate of drug-likeness (QED) is 0.737. The monoisotopic (exact) mass is 320 g/mol. The topological polar surface area (TPSA) is 55.1 Å². The van der Waals surface area contributed by atoms with Crippen LogP contribution in [0.1, 0.15) is 32.1 Å². The van der Waals surface area contributed by atoms with Crippen LogP contribution in [-0.2, 0) is 4.79 Å². The van der Waals surface area contributed by atoms with E-state index < -0.39 is 0 Å². The lowest BCUT2D eigenvalue weighted by Gasteiger charge is -2.20. The minimum absolute atomic E-state index is 0.122. The molecule has 1 fully saturated rings. The second-order valence-corrected chi connectivity index (χ2v) is 6.39. The van der Waals surface area contributed by atoms with Crippen molar-refractivity contribution in [3.63, 3.8) is 0 Å². The maximum atomic E-state index is 12.4. The van der Waals surface area contributed by atoms with Gasteiger partial charge in [-0.15, -0.1) is 0 Å². The van der Waals surface area contributed by atoms with Crippen LogP contribution in [-0.4, -0.2) is 10.9 Å². The smallest absolute Gasteiger partial charge is 0.227 e. The molecule has 3 aromatic rings. The molecule has 4 heteroatoms. The Kier molecular flexibility index (Phi) is 4.03. The number of nitrogens with one attached hydrogen (secondary N) is 1. The van der Waals surface area contributed by atoms with Gasteiger partial charge in [0.2, 0.25) is 11.8 Å². The van der Waals surface area contributed by atoms with Crippen molar-refractivity contribution in [3.8, 4) is 11.5 Å². The first-order chi connectivity index (χ1) is 11.8. The van der Waals surface area contributed by atoms with Crippen LogP contribution in [0.2, 0.25) is 0 Å². The van der Waals surface area contributed by atoms with Crippen molar-refractivity contribution in [1.82, 2.24) is 4.98 Å². The van der Waals surface area contributed by atoms with Crippen molar-refractivity contribution >= 4 is 22.7 Å². The molecule has 24 heavy (non-hydrogen) atoms. The number of carbonyl (C=O) groups excluding carboxylic acids is 1. The fourth-order valence-electron chi connectivity index (χ4n) is 3.32. The third kappa shape index (κ3) is 3.04. The van der Waals surface area contributed by atoms with Crippen LogP contribution < -0.4 is 5.32 Å². The molecule has 0 spiro atoms. The van der Waals surface area contributed by atoms with E-state index in [1.165, 1.54) is 6.42 Å². The van der Waals surface area contributed by atoms with E-state index in [1.54, 1.807) is 0 Å². The largest absolute Gasteiger partial charge is 0.436 e. The first kappa shape index (κ1) is 14.9. The van der Waals surface area contributed by atoms with Crippen molar-refractivity contribution in [3.05, 3.63) is 48.5 Å². The summed E-state index contributed by atoms with van der Waals surface area (Å²) in [5.74, 6) is 0.863. The predicted molar refractivity (Wildman–Crippen MR) is 94.6 cm³/mol. The normalized spacial score (nSPS) is 15.5. The summed E-state index contributed by atoms with van der Waals surface area (Å²) in [5.41, 5.74) is 3.20. The number of fused-ring (bicyclic) bond motifs is 1. The Morgan fingerprint density at radius 3 is 2.62 bits per heavy atom. The average molecular weight is 320 g/mol. The Balaban J connectivity index is 1.56. The SMILES string of the molecule is O=C(Nc1ccc2nc(-c3ccccc3)oc2c1)C1CCCCC1. The summed E-state index contributed by atoms with van der Waals surface area (Å²) in [6.07, 6.45) is 5.54. The average Bonchev–Trinajstić information content (AvgIpc) is 3.06. The van der Waals surface area contributed by atoms with Crippen molar-refractivity contribution in [2.75, 3.05) is 5.32 Å². The highest BCUT2D eigenvalue weighted by atomic mass is 16.3. The first-order valence-corrected chi connectivity index (χ1v) is 8.56. The molecule has 4 rings (SSSR count). The Labute approximate surface area is 140 Å². The van der Waals surface area contributed by atoms with Crippen LogP contribution in [0.15, 0.2) is 52.9 Å². The molecule has 1 amide bonds. The fraction of sp³-hybridized carbons (Fsp3) is 0.300. The van der Waals surface area contributed by atoms with E-state index in [9.17, 15) is 4.79 Å². The van der Waals surface area contributed by atoms with Gasteiger partial charge in [0.25, 0.3) is 0 Å². The number of hydrogen-bond acceptors (Lipinski definition) is 3. The standard InChI is InChI=1S/C20H20N2O2/c23-19(14-7-3-1-4-8-14)21-16-11-12-17-18(13-16)24-20(22-17)15-9-5-2-6-10-15/h2,5-6,9-14H,1,3-4,7-8H2,(H,21,23). The zero-order valence-electron chi connectivity index (χ0n) is 13.5. The van der Waals surface area contributed by atoms with Crippen LogP contribution in [0, 0.1) is 5.92 Å². The molecule has 0 radical (unpaired) electrons. The van der Waals surface area contributed by atoms with E-state index in [0.29, 0.717) is 11.5 Å². The van der Waals surface area contributed by atoms with Gasteiger partial charge in [0.05, 0.1) is 0 Å². The van der Waals surface area contributed by atoms with Gasteiger partial charge in [0.15, 0.2) is 5.58 Å². The zero-order chi connectivity index (χ0) is 16.4. The molecule has 1 saturated carbocycles. The molecule has 1 aromatic heterocycles. The number of anilines is 1. The molecule has 1 aliphatic rings. The molecule has 1 N–H and O–H groups in total. The van der Waals surface area contributed by atoms with Crippen molar-refractivity contribution in [2.24, 2.45) is 5.92 Å². The fourth-order valence-corrected chi connectivity index (χ4v) is 3.32. The van der Waals surface area contributed by atoms with Crippen LogP contribution in [0.5, 0.6) is 0 Å². The van der Waals surface area contributed by atoms with E-state index >= 15 is 0 Å². The van der Waals surface area contributed by atoms with Gasteiger partial charge >= 0.3 is 0 Å². The Morgan fingerprint density at radius 1 is 1.04 bits per heavy atom. The molecule has 0 bridgehead atoms. The minimum atomic E-state index is 0.122. The number of aromatic nitrogens is 1. The van der Waals surface area contributed by atoms with Gasteiger partial charge in [-0.3, -0.25) is 4.79 Å². The molecule has 0 aliphatic heterocycles. The summed E-state index contributed by atoms with van der Waals surface area (Å²) < 4.78 is 5.86. The van der Waals surface area contributed by atoms with E-state index in [2.05, 4.69) is 10.3 Å². The number of rotatable bonds is 3. The van der Waals surface area contributed by atoms with Gasteiger partial charge < -0.3 is 9.73 Å². The molecule has 4 nitrogen and oxygen atoms in total. The molecule has 1 aliphatic carbocycles. The summed E-state index contributed by atoms with van der Waals surface area (Å²) >= 11 is 0. The second-order valence-electron chi connectivity index (χ2n) is 6.39. The minimum Gasteiger partial charge on any atom is -0.436 e. The van der Waals surface area contributed by atoms with Gasteiger partial charge in [-0.25, -0.2) is 4.98 Å². The van der Waals surface area contributed by atoms with Crippen molar-refractivity contribution in [1.29, 1.82) is 0 Å². The molecule has 0 atom stereocenters. The predicted octanol–water partition coefficient (Wildman–Crippen LogP) is 5.01. The lowest BCUT2D eigenvalue weighted by molar-refractivity contribution is -0.120. The zero-order valence-corrected chi connectivity index (χ0v) is 13.5. The molecule has 2 aromatic carbocycles. The lowest BCUT2D eigenvalue weighted by Crippen LogP contribution is -2.24. The van der Waals surface area contributed by atoms with Crippen LogP contribution >= 0.6 is 0 Å². The highest BCUT2D eigenvalue weighted by molar-refractivity contribution is 5.94.